The van der Waals surface area contributed by atoms with Gasteiger partial charge in [-0.05, 0) is 42.0 Å². The van der Waals surface area contributed by atoms with Crippen LogP contribution in [0, 0.1) is 0 Å². The van der Waals surface area contributed by atoms with E-state index in [0.29, 0.717) is 11.5 Å². The van der Waals surface area contributed by atoms with Gasteiger partial charge in [0, 0.05) is 24.8 Å². The maximum Gasteiger partial charge on any atom is 0.250 e. The second kappa shape index (κ2) is 7.53. The fraction of sp³-hybridized carbons (Fsp3) is 0.158. The number of pyridine rings is 1. The number of carbonyl (C=O) groups excluding carboxylic acids is 1. The molecule has 0 unspecified atom stereocenters. The van der Waals surface area contributed by atoms with E-state index in [-0.39, 0.29) is 12.3 Å². The van der Waals surface area contributed by atoms with E-state index in [0.717, 1.165) is 11.3 Å². The standard InChI is InChI=1S/C19H19N3O3/c1-24-17-6-5-15(13-18(17)25-2)14-19(23)22(21-11-3-4-12-21)16-7-9-20-10-8-16/h3-13H,14H2,1-2H3. The number of rotatable bonds is 6. The van der Waals surface area contributed by atoms with Crippen molar-refractivity contribution in [2.75, 3.05) is 19.2 Å². The highest BCUT2D eigenvalue weighted by atomic mass is 16.5. The highest BCUT2D eigenvalue weighted by Gasteiger charge is 2.18. The number of amides is 1. The van der Waals surface area contributed by atoms with Crippen molar-refractivity contribution in [2.24, 2.45) is 0 Å². The summed E-state index contributed by atoms with van der Waals surface area (Å²) >= 11 is 0. The normalized spacial score (nSPS) is 10.3. The van der Waals surface area contributed by atoms with Crippen molar-refractivity contribution in [3.8, 4) is 11.5 Å². The quantitative estimate of drug-likeness (QED) is 0.694. The Morgan fingerprint density at radius 3 is 2.36 bits per heavy atom. The molecule has 0 spiro atoms. The second-order valence-corrected chi connectivity index (χ2v) is 5.34. The van der Waals surface area contributed by atoms with Crippen LogP contribution >= 0.6 is 0 Å². The summed E-state index contributed by atoms with van der Waals surface area (Å²) in [5.41, 5.74) is 1.59. The molecule has 6 heteroatoms. The predicted octanol–water partition coefficient (Wildman–Crippen LogP) is 2.94. The molecule has 0 saturated carbocycles. The minimum absolute atomic E-state index is 0.0744. The molecule has 1 aromatic carbocycles. The minimum Gasteiger partial charge on any atom is -0.493 e. The first-order valence-electron chi connectivity index (χ1n) is 7.80. The van der Waals surface area contributed by atoms with Crippen molar-refractivity contribution >= 4 is 11.6 Å². The topological polar surface area (TPSA) is 56.6 Å². The van der Waals surface area contributed by atoms with Gasteiger partial charge in [0.05, 0.1) is 26.3 Å². The van der Waals surface area contributed by atoms with Crippen LogP contribution in [-0.4, -0.2) is 29.8 Å². The van der Waals surface area contributed by atoms with E-state index in [1.165, 1.54) is 0 Å². The second-order valence-electron chi connectivity index (χ2n) is 5.34. The summed E-state index contributed by atoms with van der Waals surface area (Å²) in [6.45, 7) is 0. The molecule has 3 aromatic rings. The molecule has 0 N–H and O–H groups in total. The van der Waals surface area contributed by atoms with Crippen molar-refractivity contribution in [1.82, 2.24) is 9.66 Å². The Morgan fingerprint density at radius 2 is 1.72 bits per heavy atom. The molecule has 0 saturated heterocycles. The molecule has 2 heterocycles. The summed E-state index contributed by atoms with van der Waals surface area (Å²) in [7, 11) is 3.16. The molecule has 128 valence electrons. The molecule has 3 rings (SSSR count). The highest BCUT2D eigenvalue weighted by molar-refractivity contribution is 5.94. The first kappa shape index (κ1) is 16.6. The Bertz CT molecular complexity index is 832. The van der Waals surface area contributed by atoms with Gasteiger partial charge in [0.1, 0.15) is 0 Å². The van der Waals surface area contributed by atoms with Gasteiger partial charge in [0.2, 0.25) is 0 Å². The summed E-state index contributed by atoms with van der Waals surface area (Å²) < 4.78 is 12.3. The van der Waals surface area contributed by atoms with Crippen LogP contribution in [0.5, 0.6) is 11.5 Å². The maximum atomic E-state index is 13.0. The zero-order chi connectivity index (χ0) is 17.6. The molecule has 0 fully saturated rings. The van der Waals surface area contributed by atoms with Gasteiger partial charge in [-0.15, -0.1) is 0 Å². The Labute approximate surface area is 146 Å². The summed E-state index contributed by atoms with van der Waals surface area (Å²) in [5.74, 6) is 1.16. The fourth-order valence-corrected chi connectivity index (χ4v) is 2.59. The summed E-state index contributed by atoms with van der Waals surface area (Å²) in [4.78, 5) is 17.0. The summed E-state index contributed by atoms with van der Waals surface area (Å²) in [6, 6.07) is 12.8. The lowest BCUT2D eigenvalue weighted by Gasteiger charge is -2.24. The van der Waals surface area contributed by atoms with E-state index in [1.54, 1.807) is 54.5 Å². The average molecular weight is 337 g/mol. The number of nitrogens with zero attached hydrogens (tertiary/aromatic N) is 3. The molecule has 0 aliphatic heterocycles. The van der Waals surface area contributed by atoms with Crippen molar-refractivity contribution in [3.05, 3.63) is 72.8 Å². The molecular formula is C19H19N3O3. The molecule has 0 atom stereocenters. The predicted molar refractivity (Wildman–Crippen MR) is 94.8 cm³/mol. The lowest BCUT2D eigenvalue weighted by Crippen LogP contribution is -2.36. The molecule has 0 aliphatic rings. The zero-order valence-corrected chi connectivity index (χ0v) is 14.1. The van der Waals surface area contributed by atoms with Crippen molar-refractivity contribution in [2.45, 2.75) is 6.42 Å². The molecule has 0 aliphatic carbocycles. The molecule has 0 radical (unpaired) electrons. The van der Waals surface area contributed by atoms with Crippen LogP contribution in [0.2, 0.25) is 0 Å². The SMILES string of the molecule is COc1ccc(CC(=O)N(c2ccncc2)n2cccc2)cc1OC. The largest absolute Gasteiger partial charge is 0.493 e. The molecule has 6 nitrogen and oxygen atoms in total. The summed E-state index contributed by atoms with van der Waals surface area (Å²) in [6.07, 6.45) is 7.20. The Morgan fingerprint density at radius 1 is 1.04 bits per heavy atom. The zero-order valence-electron chi connectivity index (χ0n) is 14.1. The van der Waals surface area contributed by atoms with Crippen LogP contribution < -0.4 is 14.5 Å². The monoisotopic (exact) mass is 337 g/mol. The van der Waals surface area contributed by atoms with Gasteiger partial charge < -0.3 is 9.47 Å². The maximum absolute atomic E-state index is 13.0. The van der Waals surface area contributed by atoms with Crippen LogP contribution in [0.25, 0.3) is 0 Å². The van der Waals surface area contributed by atoms with Gasteiger partial charge in [-0.25, -0.2) is 5.01 Å². The van der Waals surface area contributed by atoms with Crippen LogP contribution in [0.4, 0.5) is 5.69 Å². The first-order valence-corrected chi connectivity index (χ1v) is 7.80. The number of benzene rings is 1. The van der Waals surface area contributed by atoms with Crippen molar-refractivity contribution in [1.29, 1.82) is 0 Å². The lowest BCUT2D eigenvalue weighted by atomic mass is 10.1. The Hall–Kier alpha value is -3.28. The van der Waals surface area contributed by atoms with Crippen LogP contribution in [0.15, 0.2) is 67.3 Å². The lowest BCUT2D eigenvalue weighted by molar-refractivity contribution is -0.118. The third-order valence-electron chi connectivity index (χ3n) is 3.77. The van der Waals surface area contributed by atoms with E-state index in [9.17, 15) is 4.79 Å². The molecule has 1 amide bonds. The molecule has 0 bridgehead atoms. The minimum atomic E-state index is -0.0744. The smallest absolute Gasteiger partial charge is 0.250 e. The number of aromatic nitrogens is 2. The Kier molecular flexibility index (Phi) is 4.99. The van der Waals surface area contributed by atoms with Gasteiger partial charge in [-0.1, -0.05) is 6.07 Å². The summed E-state index contributed by atoms with van der Waals surface area (Å²) in [5, 5.41) is 1.61. The van der Waals surface area contributed by atoms with Crippen molar-refractivity contribution < 1.29 is 14.3 Å². The molecule has 2 aromatic heterocycles. The van der Waals surface area contributed by atoms with Gasteiger partial charge in [0.25, 0.3) is 5.91 Å². The molecule has 25 heavy (non-hydrogen) atoms. The number of anilines is 1. The van der Waals surface area contributed by atoms with Gasteiger partial charge in [0.15, 0.2) is 11.5 Å². The van der Waals surface area contributed by atoms with Crippen LogP contribution in [0.3, 0.4) is 0 Å². The fourth-order valence-electron chi connectivity index (χ4n) is 2.59. The number of carbonyl (C=O) groups is 1. The highest BCUT2D eigenvalue weighted by Crippen LogP contribution is 2.28. The number of ether oxygens (including phenoxy) is 2. The molecular weight excluding hydrogens is 318 g/mol. The first-order chi connectivity index (χ1) is 12.2. The van der Waals surface area contributed by atoms with Gasteiger partial charge >= 0.3 is 0 Å². The van der Waals surface area contributed by atoms with E-state index in [2.05, 4.69) is 4.98 Å². The third kappa shape index (κ3) is 3.63. The van der Waals surface area contributed by atoms with Gasteiger partial charge in [-0.2, -0.15) is 0 Å². The average Bonchev–Trinajstić information content (AvgIpc) is 3.16. The van der Waals surface area contributed by atoms with Gasteiger partial charge in [-0.3, -0.25) is 14.5 Å². The van der Waals surface area contributed by atoms with Crippen molar-refractivity contribution in [3.63, 3.8) is 0 Å². The van der Waals surface area contributed by atoms with E-state index in [1.807, 2.05) is 36.7 Å². The van der Waals surface area contributed by atoms with Crippen LogP contribution in [0.1, 0.15) is 5.56 Å². The van der Waals surface area contributed by atoms with E-state index in [4.69, 9.17) is 9.47 Å². The number of hydrogen-bond acceptors (Lipinski definition) is 4. The third-order valence-corrected chi connectivity index (χ3v) is 3.77. The number of methoxy groups -OCH3 is 2. The van der Waals surface area contributed by atoms with E-state index >= 15 is 0 Å². The van der Waals surface area contributed by atoms with Crippen LogP contribution in [-0.2, 0) is 11.2 Å². The van der Waals surface area contributed by atoms with E-state index < -0.39 is 0 Å². The Balaban J connectivity index is 1.89. The number of hydrogen-bond donors (Lipinski definition) is 0.